The molecule has 2 aliphatic rings. The van der Waals surface area contributed by atoms with E-state index in [9.17, 15) is 8.78 Å². The van der Waals surface area contributed by atoms with Gasteiger partial charge in [0.25, 0.3) is 0 Å². The number of nitrogens with zero attached hydrogens (tertiary/aromatic N) is 2. The van der Waals surface area contributed by atoms with Gasteiger partial charge in [0.15, 0.2) is 0 Å². The molecule has 1 saturated heterocycles. The number of alkyl halides is 2. The molecule has 0 aliphatic carbocycles. The molecule has 34 heavy (non-hydrogen) atoms. The van der Waals surface area contributed by atoms with Gasteiger partial charge < -0.3 is 9.88 Å². The molecule has 0 spiro atoms. The van der Waals surface area contributed by atoms with Crippen molar-refractivity contribution in [3.05, 3.63) is 57.2 Å². The van der Waals surface area contributed by atoms with Crippen molar-refractivity contribution in [1.29, 1.82) is 0 Å². The van der Waals surface area contributed by atoms with E-state index in [1.165, 1.54) is 22.3 Å². The van der Waals surface area contributed by atoms with Crippen molar-refractivity contribution in [3.8, 4) is 0 Å². The van der Waals surface area contributed by atoms with E-state index in [4.69, 9.17) is 0 Å². The van der Waals surface area contributed by atoms with Crippen LogP contribution in [0.5, 0.6) is 0 Å². The summed E-state index contributed by atoms with van der Waals surface area (Å²) in [6.45, 7) is 7.97. The van der Waals surface area contributed by atoms with Gasteiger partial charge in [-0.15, -0.1) is 11.3 Å². The number of aromatic amines is 1. The van der Waals surface area contributed by atoms with Gasteiger partial charge in [-0.1, -0.05) is 18.2 Å². The molecule has 3 nitrogen and oxygen atoms in total. The number of hydrogen-bond acceptors (Lipinski definition) is 3. The van der Waals surface area contributed by atoms with Gasteiger partial charge in [-0.05, 0) is 63.6 Å². The van der Waals surface area contributed by atoms with E-state index in [-0.39, 0.29) is 31.1 Å². The minimum atomic E-state index is -1.36. The van der Waals surface area contributed by atoms with Gasteiger partial charge >= 0.3 is 0 Å². The fraction of sp³-hybridized carbons (Fsp3) is 0.556. The third kappa shape index (κ3) is 4.67. The van der Waals surface area contributed by atoms with Crippen LogP contribution in [0.2, 0.25) is 0 Å². The van der Waals surface area contributed by atoms with Crippen LogP contribution in [0.1, 0.15) is 54.2 Å². The molecule has 0 amide bonds. The van der Waals surface area contributed by atoms with Crippen LogP contribution in [0.25, 0.3) is 10.9 Å². The lowest BCUT2D eigenvalue weighted by molar-refractivity contribution is 0.0678. The first-order valence-corrected chi connectivity index (χ1v) is 13.2. The second-order valence-electron chi connectivity index (χ2n) is 10.7. The van der Waals surface area contributed by atoms with Gasteiger partial charge in [0, 0.05) is 58.6 Å². The summed E-state index contributed by atoms with van der Waals surface area (Å²) in [6, 6.07) is 9.89. The average Bonchev–Trinajstić information content (AvgIpc) is 3.29. The van der Waals surface area contributed by atoms with Crippen molar-refractivity contribution < 1.29 is 13.2 Å². The zero-order chi connectivity index (χ0) is 24.0. The number of halogens is 3. The van der Waals surface area contributed by atoms with Gasteiger partial charge in [-0.3, -0.25) is 9.29 Å². The molecule has 2 aliphatic heterocycles. The highest BCUT2D eigenvalue weighted by Crippen LogP contribution is 2.44. The molecule has 0 radical (unpaired) electrons. The predicted octanol–water partition coefficient (Wildman–Crippen LogP) is 6.29. The number of benzene rings is 1. The summed E-state index contributed by atoms with van der Waals surface area (Å²) in [6.07, 6.45) is 2.11. The van der Waals surface area contributed by atoms with E-state index >= 15 is 4.39 Å². The molecular weight excluding hydrogens is 455 g/mol. The van der Waals surface area contributed by atoms with Gasteiger partial charge in [-0.25, -0.2) is 8.78 Å². The Kier molecular flexibility index (Phi) is 6.55. The standard InChI is InChI=1S/C27H34F3N3S/c1-17-11-20-19-7-4-5-8-22(19)31-25(20)26(33(17)16-27(2,3)30)24-13-21(29)23(34-24)12-18-14-32(15-18)10-6-9-28/h4-5,7-8,13,17-18,26,31H,6,9-12,14-16H2,1-3H3/t17-,26-/m1/s1. The maximum atomic E-state index is 15.2. The first-order valence-electron chi connectivity index (χ1n) is 12.3. The average molecular weight is 490 g/mol. The van der Waals surface area contributed by atoms with E-state index in [0.717, 1.165) is 47.0 Å². The summed E-state index contributed by atoms with van der Waals surface area (Å²) in [5.74, 6) is 0.257. The monoisotopic (exact) mass is 489 g/mol. The molecule has 184 valence electrons. The number of rotatable bonds is 8. The lowest BCUT2D eigenvalue weighted by atomic mass is 9.90. The molecule has 0 saturated carbocycles. The van der Waals surface area contributed by atoms with Gasteiger partial charge in [0.2, 0.25) is 0 Å². The van der Waals surface area contributed by atoms with Crippen molar-refractivity contribution in [1.82, 2.24) is 14.8 Å². The Balaban J connectivity index is 1.46. The first kappa shape index (κ1) is 23.9. The van der Waals surface area contributed by atoms with Crippen molar-refractivity contribution in [2.75, 3.05) is 32.9 Å². The van der Waals surface area contributed by atoms with Gasteiger partial charge in [0.1, 0.15) is 11.5 Å². The number of thiophene rings is 1. The van der Waals surface area contributed by atoms with E-state index in [0.29, 0.717) is 18.8 Å². The van der Waals surface area contributed by atoms with Crippen LogP contribution >= 0.6 is 11.3 Å². The molecular formula is C27H34F3N3S. The summed E-state index contributed by atoms with van der Waals surface area (Å²) >= 11 is 1.53. The van der Waals surface area contributed by atoms with Crippen molar-refractivity contribution in [2.45, 2.75) is 57.8 Å². The predicted molar refractivity (Wildman–Crippen MR) is 134 cm³/mol. The third-order valence-corrected chi connectivity index (χ3v) is 8.42. The first-order chi connectivity index (χ1) is 16.2. The van der Waals surface area contributed by atoms with E-state index in [1.54, 1.807) is 19.9 Å². The number of para-hydroxylation sites is 1. The summed E-state index contributed by atoms with van der Waals surface area (Å²) in [5.41, 5.74) is 2.05. The Labute approximate surface area is 203 Å². The summed E-state index contributed by atoms with van der Waals surface area (Å²) in [7, 11) is 0. The fourth-order valence-electron chi connectivity index (χ4n) is 5.73. The molecule has 0 unspecified atom stereocenters. The van der Waals surface area contributed by atoms with Crippen LogP contribution in [-0.4, -0.2) is 59.3 Å². The highest BCUT2D eigenvalue weighted by atomic mass is 32.1. The molecule has 4 heterocycles. The number of H-pyrrole nitrogens is 1. The van der Waals surface area contributed by atoms with E-state index in [1.807, 2.05) is 12.1 Å². The number of hydrogen-bond donors (Lipinski definition) is 1. The van der Waals surface area contributed by atoms with Crippen LogP contribution < -0.4 is 0 Å². The minimum Gasteiger partial charge on any atom is -0.357 e. The maximum Gasteiger partial charge on any atom is 0.137 e. The highest BCUT2D eigenvalue weighted by Gasteiger charge is 2.40. The summed E-state index contributed by atoms with van der Waals surface area (Å²) in [5, 5.41) is 1.20. The Morgan fingerprint density at radius 3 is 2.71 bits per heavy atom. The van der Waals surface area contributed by atoms with Gasteiger partial charge in [-0.2, -0.15) is 0 Å². The molecule has 0 bridgehead atoms. The quantitative estimate of drug-likeness (QED) is 0.402. The Hall–Kier alpha value is -1.83. The maximum absolute atomic E-state index is 15.2. The second-order valence-corrected chi connectivity index (χ2v) is 11.9. The molecule has 1 aromatic carbocycles. The largest absolute Gasteiger partial charge is 0.357 e. The molecule has 3 aromatic rings. The smallest absolute Gasteiger partial charge is 0.137 e. The summed E-state index contributed by atoms with van der Waals surface area (Å²) in [4.78, 5) is 9.75. The number of likely N-dealkylation sites (tertiary alicyclic amines) is 1. The van der Waals surface area contributed by atoms with Crippen molar-refractivity contribution in [2.24, 2.45) is 5.92 Å². The fourth-order valence-corrected chi connectivity index (χ4v) is 7.02. The molecule has 1 fully saturated rings. The number of nitrogens with one attached hydrogen (secondary N) is 1. The normalized spacial score (nSPS) is 22.3. The number of fused-ring (bicyclic) bond motifs is 3. The molecule has 5 rings (SSSR count). The zero-order valence-corrected chi connectivity index (χ0v) is 21.0. The van der Waals surface area contributed by atoms with E-state index < -0.39 is 5.67 Å². The van der Waals surface area contributed by atoms with Crippen molar-refractivity contribution in [3.63, 3.8) is 0 Å². The van der Waals surface area contributed by atoms with E-state index in [2.05, 4.69) is 33.8 Å². The van der Waals surface area contributed by atoms with Crippen LogP contribution in [-0.2, 0) is 12.8 Å². The van der Waals surface area contributed by atoms with Crippen LogP contribution in [0, 0.1) is 11.7 Å². The Bertz CT molecular complexity index is 1140. The van der Waals surface area contributed by atoms with Crippen LogP contribution in [0.3, 0.4) is 0 Å². The Morgan fingerprint density at radius 1 is 1.21 bits per heavy atom. The summed E-state index contributed by atoms with van der Waals surface area (Å²) < 4.78 is 42.5. The zero-order valence-electron chi connectivity index (χ0n) is 20.2. The van der Waals surface area contributed by atoms with Gasteiger partial charge in [0.05, 0.1) is 12.7 Å². The molecule has 2 aromatic heterocycles. The lowest BCUT2D eigenvalue weighted by Gasteiger charge is -2.42. The Morgan fingerprint density at radius 2 is 1.97 bits per heavy atom. The second kappa shape index (κ2) is 9.32. The van der Waals surface area contributed by atoms with Crippen LogP contribution in [0.15, 0.2) is 30.3 Å². The molecule has 2 atom stereocenters. The molecule has 1 N–H and O–H groups in total. The topological polar surface area (TPSA) is 22.3 Å². The molecule has 7 heteroatoms. The SMILES string of the molecule is C[C@@H]1Cc2c([nH]c3ccccc23)[C@@H](c2cc(F)c(CC3CN(CCCF)C3)s2)N1CC(C)(C)F. The van der Waals surface area contributed by atoms with Crippen LogP contribution in [0.4, 0.5) is 13.2 Å². The lowest BCUT2D eigenvalue weighted by Crippen LogP contribution is -2.47. The number of aromatic nitrogens is 1. The highest BCUT2D eigenvalue weighted by molar-refractivity contribution is 7.12. The van der Waals surface area contributed by atoms with Crippen molar-refractivity contribution >= 4 is 22.2 Å². The minimum absolute atomic E-state index is 0.135. The third-order valence-electron chi connectivity index (χ3n) is 7.24.